The molecule has 1 aromatic rings. The van der Waals surface area contributed by atoms with Gasteiger partial charge in [0.2, 0.25) is 0 Å². The molecule has 1 aliphatic rings. The van der Waals surface area contributed by atoms with Crippen LogP contribution >= 0.6 is 0 Å². The number of benzene rings is 1. The first-order chi connectivity index (χ1) is 11.9. The number of hydrogen-bond donors (Lipinski definition) is 1. The molecule has 0 saturated carbocycles. The summed E-state index contributed by atoms with van der Waals surface area (Å²) in [5.41, 5.74) is 0.857. The van der Waals surface area contributed by atoms with Gasteiger partial charge in [-0.15, -0.1) is 0 Å². The van der Waals surface area contributed by atoms with Crippen LogP contribution in [0.4, 0.5) is 4.79 Å². The van der Waals surface area contributed by atoms with E-state index in [-0.39, 0.29) is 19.6 Å². The number of carbonyl (C=O) groups is 3. The van der Waals surface area contributed by atoms with Gasteiger partial charge in [-0.1, -0.05) is 30.3 Å². The molecular formula is C17H21NO7. The highest BCUT2D eigenvalue weighted by Gasteiger charge is 2.39. The highest BCUT2D eigenvalue weighted by molar-refractivity contribution is 5.68. The lowest BCUT2D eigenvalue weighted by atomic mass is 10.2. The second-order valence-electron chi connectivity index (χ2n) is 5.56. The third-order valence-corrected chi connectivity index (χ3v) is 3.46. The fourth-order valence-electron chi connectivity index (χ4n) is 2.39. The summed E-state index contributed by atoms with van der Waals surface area (Å²) < 4.78 is 20.7. The van der Waals surface area contributed by atoms with Gasteiger partial charge in [0.1, 0.15) is 31.6 Å². The van der Waals surface area contributed by atoms with E-state index in [0.29, 0.717) is 0 Å². The molecule has 25 heavy (non-hydrogen) atoms. The fraction of sp³-hybridized carbons (Fsp3) is 0.471. The third-order valence-electron chi connectivity index (χ3n) is 3.46. The molecule has 1 unspecified atom stereocenters. The molecule has 1 heterocycles. The van der Waals surface area contributed by atoms with Gasteiger partial charge >= 0.3 is 18.0 Å². The van der Waals surface area contributed by atoms with Gasteiger partial charge in [0.25, 0.3) is 0 Å². The van der Waals surface area contributed by atoms with Crippen molar-refractivity contribution < 1.29 is 33.3 Å². The summed E-state index contributed by atoms with van der Waals surface area (Å²) in [6.07, 6.45) is -2.37. The SMILES string of the molecule is CC(=O)OC[C@H]1OC(NC(=O)OCc2ccccc2)C[C@@H]1OC(C)=O. The minimum atomic E-state index is -0.701. The first-order valence-electron chi connectivity index (χ1n) is 7.87. The molecule has 0 aromatic heterocycles. The Bertz CT molecular complexity index is 604. The van der Waals surface area contributed by atoms with Crippen molar-refractivity contribution in [3.05, 3.63) is 35.9 Å². The molecular weight excluding hydrogens is 330 g/mol. The lowest BCUT2D eigenvalue weighted by molar-refractivity contribution is -0.154. The molecule has 1 amide bonds. The van der Waals surface area contributed by atoms with E-state index in [1.54, 1.807) is 0 Å². The van der Waals surface area contributed by atoms with Gasteiger partial charge in [-0.3, -0.25) is 14.9 Å². The van der Waals surface area contributed by atoms with E-state index in [4.69, 9.17) is 18.9 Å². The van der Waals surface area contributed by atoms with E-state index < -0.39 is 36.5 Å². The normalized spacial score (nSPS) is 22.1. The van der Waals surface area contributed by atoms with Crippen LogP contribution in [-0.4, -0.2) is 43.1 Å². The standard InChI is InChI=1S/C17H21NO7/c1-11(19)22-10-15-14(24-12(2)20)8-16(25-15)18-17(21)23-9-13-6-4-3-5-7-13/h3-7,14-16H,8-10H2,1-2H3,(H,18,21)/t14-,15+,16?/m0/s1. The summed E-state index contributed by atoms with van der Waals surface area (Å²) in [6.45, 7) is 2.61. The van der Waals surface area contributed by atoms with Gasteiger partial charge in [-0.2, -0.15) is 0 Å². The monoisotopic (exact) mass is 351 g/mol. The van der Waals surface area contributed by atoms with Crippen LogP contribution in [0.3, 0.4) is 0 Å². The molecule has 8 heteroatoms. The van der Waals surface area contributed by atoms with E-state index in [0.717, 1.165) is 5.56 Å². The van der Waals surface area contributed by atoms with Crippen LogP contribution < -0.4 is 5.32 Å². The largest absolute Gasteiger partial charge is 0.463 e. The zero-order valence-electron chi connectivity index (χ0n) is 14.1. The highest BCUT2D eigenvalue weighted by atomic mass is 16.6. The van der Waals surface area contributed by atoms with Crippen LogP contribution in [-0.2, 0) is 35.1 Å². The lowest BCUT2D eigenvalue weighted by Gasteiger charge is -2.17. The van der Waals surface area contributed by atoms with Crippen molar-refractivity contribution in [1.82, 2.24) is 5.32 Å². The molecule has 136 valence electrons. The molecule has 0 bridgehead atoms. The molecule has 1 saturated heterocycles. The van der Waals surface area contributed by atoms with Crippen molar-refractivity contribution in [1.29, 1.82) is 0 Å². The molecule has 0 spiro atoms. The predicted octanol–water partition coefficient (Wildman–Crippen LogP) is 1.52. The Morgan fingerprint density at radius 1 is 1.12 bits per heavy atom. The van der Waals surface area contributed by atoms with Gasteiger partial charge < -0.3 is 18.9 Å². The summed E-state index contributed by atoms with van der Waals surface area (Å²) in [5.74, 6) is -0.947. The number of ether oxygens (including phenoxy) is 4. The molecule has 0 aliphatic carbocycles. The zero-order valence-corrected chi connectivity index (χ0v) is 14.1. The summed E-state index contributed by atoms with van der Waals surface area (Å²) in [7, 11) is 0. The van der Waals surface area contributed by atoms with Gasteiger partial charge in [0.15, 0.2) is 0 Å². The van der Waals surface area contributed by atoms with Crippen LogP contribution in [0.2, 0.25) is 0 Å². The molecule has 1 fully saturated rings. The number of rotatable bonds is 6. The molecule has 1 aliphatic heterocycles. The van der Waals surface area contributed by atoms with Crippen molar-refractivity contribution in [3.8, 4) is 0 Å². The van der Waals surface area contributed by atoms with Crippen molar-refractivity contribution in [2.45, 2.75) is 45.3 Å². The average molecular weight is 351 g/mol. The summed E-state index contributed by atoms with van der Waals surface area (Å²) in [5, 5.41) is 2.55. The lowest BCUT2D eigenvalue weighted by Crippen LogP contribution is -2.35. The highest BCUT2D eigenvalue weighted by Crippen LogP contribution is 2.22. The first kappa shape index (κ1) is 18.7. The quantitative estimate of drug-likeness (QED) is 0.612. The number of hydrogen-bond acceptors (Lipinski definition) is 7. The first-order valence-corrected chi connectivity index (χ1v) is 7.87. The fourth-order valence-corrected chi connectivity index (χ4v) is 2.39. The zero-order chi connectivity index (χ0) is 18.2. The Labute approximate surface area is 145 Å². The van der Waals surface area contributed by atoms with Crippen molar-refractivity contribution in [2.24, 2.45) is 0 Å². The minimum absolute atomic E-state index is 0.0650. The maximum absolute atomic E-state index is 11.9. The van der Waals surface area contributed by atoms with Gasteiger partial charge in [-0.25, -0.2) is 4.79 Å². The second-order valence-corrected chi connectivity index (χ2v) is 5.56. The van der Waals surface area contributed by atoms with E-state index in [2.05, 4.69) is 5.32 Å². The number of alkyl carbamates (subject to hydrolysis) is 1. The van der Waals surface area contributed by atoms with E-state index in [1.807, 2.05) is 30.3 Å². The van der Waals surface area contributed by atoms with Crippen LogP contribution in [0, 0.1) is 0 Å². The van der Waals surface area contributed by atoms with E-state index in [9.17, 15) is 14.4 Å². The molecule has 3 atom stereocenters. The topological polar surface area (TPSA) is 100 Å². The Kier molecular flexibility index (Phi) is 6.76. The van der Waals surface area contributed by atoms with Crippen molar-refractivity contribution in [3.63, 3.8) is 0 Å². The van der Waals surface area contributed by atoms with Crippen LogP contribution in [0.5, 0.6) is 0 Å². The Morgan fingerprint density at radius 2 is 1.84 bits per heavy atom. The minimum Gasteiger partial charge on any atom is -0.463 e. The predicted molar refractivity (Wildman–Crippen MR) is 85.2 cm³/mol. The average Bonchev–Trinajstić information content (AvgIpc) is 2.92. The third kappa shape index (κ3) is 6.42. The summed E-state index contributed by atoms with van der Waals surface area (Å²) in [4.78, 5) is 34.0. The molecule has 2 rings (SSSR count). The number of esters is 2. The van der Waals surface area contributed by atoms with Crippen LogP contribution in [0.25, 0.3) is 0 Å². The number of nitrogens with one attached hydrogen (secondary N) is 1. The molecule has 1 aromatic carbocycles. The molecule has 0 radical (unpaired) electrons. The van der Waals surface area contributed by atoms with Crippen molar-refractivity contribution >= 4 is 18.0 Å². The number of carbonyl (C=O) groups excluding carboxylic acids is 3. The van der Waals surface area contributed by atoms with E-state index in [1.165, 1.54) is 13.8 Å². The van der Waals surface area contributed by atoms with Gasteiger partial charge in [0, 0.05) is 20.3 Å². The van der Waals surface area contributed by atoms with Crippen LogP contribution in [0.1, 0.15) is 25.8 Å². The molecule has 8 nitrogen and oxygen atoms in total. The smallest absolute Gasteiger partial charge is 0.409 e. The number of amides is 1. The van der Waals surface area contributed by atoms with Crippen molar-refractivity contribution in [2.75, 3.05) is 6.61 Å². The Balaban J connectivity index is 1.83. The second kappa shape index (κ2) is 9.03. The van der Waals surface area contributed by atoms with Crippen LogP contribution in [0.15, 0.2) is 30.3 Å². The summed E-state index contributed by atoms with van der Waals surface area (Å²) >= 11 is 0. The van der Waals surface area contributed by atoms with E-state index >= 15 is 0 Å². The van der Waals surface area contributed by atoms with Gasteiger partial charge in [0.05, 0.1) is 0 Å². The molecule has 1 N–H and O–H groups in total. The maximum Gasteiger partial charge on any atom is 0.409 e. The maximum atomic E-state index is 11.9. The summed E-state index contributed by atoms with van der Waals surface area (Å²) in [6, 6.07) is 9.24. The Morgan fingerprint density at radius 3 is 2.48 bits per heavy atom. The van der Waals surface area contributed by atoms with Gasteiger partial charge in [-0.05, 0) is 5.56 Å². The Hall–Kier alpha value is -2.61.